The summed E-state index contributed by atoms with van der Waals surface area (Å²) >= 11 is 0. The lowest BCUT2D eigenvalue weighted by molar-refractivity contribution is -0.118. The van der Waals surface area contributed by atoms with Gasteiger partial charge in [0, 0.05) is 19.3 Å². The number of amides is 1. The maximum Gasteiger partial charge on any atom is 0.262 e. The van der Waals surface area contributed by atoms with Gasteiger partial charge in [-0.1, -0.05) is 12.1 Å². The predicted octanol–water partition coefficient (Wildman–Crippen LogP) is 1.51. The Morgan fingerprint density at radius 3 is 2.81 bits per heavy atom. The summed E-state index contributed by atoms with van der Waals surface area (Å²) < 4.78 is 7.29. The zero-order chi connectivity index (χ0) is 15.4. The molecule has 1 aromatic carbocycles. The molecule has 2 rings (SSSR count). The van der Waals surface area contributed by atoms with Crippen LogP contribution in [-0.2, 0) is 18.4 Å². The lowest BCUT2D eigenvalue weighted by Gasteiger charge is -2.08. The Morgan fingerprint density at radius 1 is 1.43 bits per heavy atom. The second-order valence-corrected chi connectivity index (χ2v) is 4.86. The molecular formula is C15H20N4O2. The maximum absolute atomic E-state index is 11.9. The molecule has 0 bridgehead atoms. The van der Waals surface area contributed by atoms with Gasteiger partial charge in [0.2, 0.25) is 0 Å². The minimum Gasteiger partial charge on any atom is -0.480 e. The number of hydrogen-bond donors (Lipinski definition) is 2. The van der Waals surface area contributed by atoms with Crippen LogP contribution in [0.1, 0.15) is 17.0 Å². The molecule has 0 spiro atoms. The van der Waals surface area contributed by atoms with Crippen molar-refractivity contribution in [3.63, 3.8) is 0 Å². The van der Waals surface area contributed by atoms with E-state index in [-0.39, 0.29) is 12.5 Å². The molecule has 0 saturated heterocycles. The summed E-state index contributed by atoms with van der Waals surface area (Å²) in [7, 11) is 1.84. The number of benzene rings is 1. The van der Waals surface area contributed by atoms with Crippen molar-refractivity contribution in [2.24, 2.45) is 12.8 Å². The predicted molar refractivity (Wildman–Crippen MR) is 81.1 cm³/mol. The molecule has 6 nitrogen and oxygen atoms in total. The smallest absolute Gasteiger partial charge is 0.262 e. The Balaban J connectivity index is 1.96. The molecule has 0 unspecified atom stereocenters. The van der Waals surface area contributed by atoms with Crippen molar-refractivity contribution in [2.75, 3.05) is 11.9 Å². The van der Waals surface area contributed by atoms with E-state index in [2.05, 4.69) is 10.4 Å². The first-order chi connectivity index (χ1) is 10.0. The Kier molecular flexibility index (Phi) is 4.59. The second kappa shape index (κ2) is 6.41. The van der Waals surface area contributed by atoms with E-state index in [9.17, 15) is 4.79 Å². The molecule has 3 N–H and O–H groups in total. The van der Waals surface area contributed by atoms with Crippen molar-refractivity contribution in [1.29, 1.82) is 0 Å². The molecule has 0 fully saturated rings. The standard InChI is InChI=1S/C15H20N4O2/c1-10-15(11(2)19(3)18-10)21-9-14(20)17-13-6-4-5-12(7-13)8-16/h4-7H,8-9,16H2,1-3H3,(H,17,20). The van der Waals surface area contributed by atoms with Crippen LogP contribution in [0.3, 0.4) is 0 Å². The monoisotopic (exact) mass is 288 g/mol. The highest BCUT2D eigenvalue weighted by atomic mass is 16.5. The first-order valence-electron chi connectivity index (χ1n) is 6.73. The van der Waals surface area contributed by atoms with Gasteiger partial charge in [0.05, 0.1) is 5.69 Å². The van der Waals surface area contributed by atoms with Gasteiger partial charge in [-0.25, -0.2) is 0 Å². The van der Waals surface area contributed by atoms with Crippen molar-refractivity contribution in [3.05, 3.63) is 41.2 Å². The maximum atomic E-state index is 11.9. The molecule has 0 atom stereocenters. The number of hydrogen-bond acceptors (Lipinski definition) is 4. The second-order valence-electron chi connectivity index (χ2n) is 4.86. The molecule has 112 valence electrons. The highest BCUT2D eigenvalue weighted by Crippen LogP contribution is 2.21. The van der Waals surface area contributed by atoms with Crippen molar-refractivity contribution in [3.8, 4) is 5.75 Å². The van der Waals surface area contributed by atoms with Crippen LogP contribution >= 0.6 is 0 Å². The van der Waals surface area contributed by atoms with E-state index in [4.69, 9.17) is 10.5 Å². The Morgan fingerprint density at radius 2 is 2.19 bits per heavy atom. The highest BCUT2D eigenvalue weighted by Gasteiger charge is 2.12. The Labute approximate surface area is 123 Å². The van der Waals surface area contributed by atoms with E-state index >= 15 is 0 Å². The quantitative estimate of drug-likeness (QED) is 0.873. The van der Waals surface area contributed by atoms with Crippen LogP contribution in [0.2, 0.25) is 0 Å². The van der Waals surface area contributed by atoms with Crippen molar-refractivity contribution >= 4 is 11.6 Å². The zero-order valence-corrected chi connectivity index (χ0v) is 12.5. The van der Waals surface area contributed by atoms with Gasteiger partial charge in [0.1, 0.15) is 5.69 Å². The molecule has 0 aliphatic heterocycles. The third-order valence-corrected chi connectivity index (χ3v) is 3.24. The van der Waals surface area contributed by atoms with Crippen LogP contribution in [-0.4, -0.2) is 22.3 Å². The van der Waals surface area contributed by atoms with Crippen LogP contribution in [0.15, 0.2) is 24.3 Å². The van der Waals surface area contributed by atoms with Crippen LogP contribution in [0.25, 0.3) is 0 Å². The average Bonchev–Trinajstić information content (AvgIpc) is 2.70. The number of ether oxygens (including phenoxy) is 1. The minimum atomic E-state index is -0.216. The van der Waals surface area contributed by atoms with Crippen molar-refractivity contribution < 1.29 is 9.53 Å². The Bertz CT molecular complexity index is 649. The van der Waals surface area contributed by atoms with E-state index in [0.29, 0.717) is 18.0 Å². The molecule has 2 aromatic rings. The third kappa shape index (κ3) is 3.61. The summed E-state index contributed by atoms with van der Waals surface area (Å²) in [4.78, 5) is 11.9. The molecule has 6 heteroatoms. The number of nitrogens with zero attached hydrogens (tertiary/aromatic N) is 2. The fourth-order valence-corrected chi connectivity index (χ4v) is 2.07. The van der Waals surface area contributed by atoms with Crippen LogP contribution in [0.4, 0.5) is 5.69 Å². The number of nitrogens with two attached hydrogens (primary N) is 1. The van der Waals surface area contributed by atoms with Gasteiger partial charge >= 0.3 is 0 Å². The van der Waals surface area contributed by atoms with Crippen LogP contribution in [0.5, 0.6) is 5.75 Å². The molecule has 0 saturated carbocycles. The number of anilines is 1. The van der Waals surface area contributed by atoms with Gasteiger partial charge in [-0.2, -0.15) is 5.10 Å². The van der Waals surface area contributed by atoms with E-state index in [1.54, 1.807) is 4.68 Å². The summed E-state index contributed by atoms with van der Waals surface area (Å²) in [5.41, 5.74) is 8.92. The lowest BCUT2D eigenvalue weighted by atomic mass is 10.2. The third-order valence-electron chi connectivity index (χ3n) is 3.24. The Hall–Kier alpha value is -2.34. The highest BCUT2D eigenvalue weighted by molar-refractivity contribution is 5.91. The molecule has 21 heavy (non-hydrogen) atoms. The van der Waals surface area contributed by atoms with E-state index in [0.717, 1.165) is 17.0 Å². The molecule has 0 aliphatic rings. The summed E-state index contributed by atoms with van der Waals surface area (Å²) in [5.74, 6) is 0.440. The average molecular weight is 288 g/mol. The van der Waals surface area contributed by atoms with Gasteiger partial charge in [-0.15, -0.1) is 0 Å². The number of carbonyl (C=O) groups excluding carboxylic acids is 1. The van der Waals surface area contributed by atoms with Gasteiger partial charge in [-0.3, -0.25) is 9.48 Å². The first-order valence-corrected chi connectivity index (χ1v) is 6.73. The molecule has 0 radical (unpaired) electrons. The molecule has 1 amide bonds. The van der Waals surface area contributed by atoms with Gasteiger partial charge in [-0.05, 0) is 31.5 Å². The molecule has 1 aromatic heterocycles. The van der Waals surface area contributed by atoms with E-state index < -0.39 is 0 Å². The SMILES string of the molecule is Cc1nn(C)c(C)c1OCC(=O)Nc1cccc(CN)c1. The fourth-order valence-electron chi connectivity index (χ4n) is 2.07. The number of rotatable bonds is 5. The molecule has 1 heterocycles. The normalized spacial score (nSPS) is 10.5. The minimum absolute atomic E-state index is 0.0553. The van der Waals surface area contributed by atoms with Crippen LogP contribution < -0.4 is 15.8 Å². The zero-order valence-electron chi connectivity index (χ0n) is 12.5. The first kappa shape index (κ1) is 15.1. The molecule has 0 aliphatic carbocycles. The number of aromatic nitrogens is 2. The van der Waals surface area contributed by atoms with Gasteiger partial charge in [0.25, 0.3) is 5.91 Å². The van der Waals surface area contributed by atoms with E-state index in [1.807, 2.05) is 45.2 Å². The number of nitrogens with one attached hydrogen (secondary N) is 1. The fraction of sp³-hybridized carbons (Fsp3) is 0.333. The summed E-state index contributed by atoms with van der Waals surface area (Å²) in [6.07, 6.45) is 0. The van der Waals surface area contributed by atoms with Crippen molar-refractivity contribution in [1.82, 2.24) is 9.78 Å². The number of aryl methyl sites for hydroxylation is 2. The molecular weight excluding hydrogens is 268 g/mol. The van der Waals surface area contributed by atoms with Crippen molar-refractivity contribution in [2.45, 2.75) is 20.4 Å². The lowest BCUT2D eigenvalue weighted by Crippen LogP contribution is -2.20. The van der Waals surface area contributed by atoms with Crippen LogP contribution in [0, 0.1) is 13.8 Å². The topological polar surface area (TPSA) is 82.2 Å². The van der Waals surface area contributed by atoms with Gasteiger partial charge < -0.3 is 15.8 Å². The summed E-state index contributed by atoms with van der Waals surface area (Å²) in [5, 5.41) is 7.03. The summed E-state index contributed by atoms with van der Waals surface area (Å²) in [6, 6.07) is 7.43. The number of carbonyl (C=O) groups is 1. The largest absolute Gasteiger partial charge is 0.480 e. The van der Waals surface area contributed by atoms with E-state index in [1.165, 1.54) is 0 Å². The summed E-state index contributed by atoms with van der Waals surface area (Å²) in [6.45, 7) is 4.14. The van der Waals surface area contributed by atoms with Gasteiger partial charge in [0.15, 0.2) is 12.4 Å².